The average molecular weight is 204 g/mol. The van der Waals surface area contributed by atoms with Crippen molar-refractivity contribution in [1.29, 1.82) is 0 Å². The van der Waals surface area contributed by atoms with E-state index in [2.05, 4.69) is 30.9 Å². The summed E-state index contributed by atoms with van der Waals surface area (Å²) in [6.45, 7) is 1.91. The van der Waals surface area contributed by atoms with E-state index in [1.54, 1.807) is 12.3 Å². The molecule has 2 aromatic rings. The van der Waals surface area contributed by atoms with Crippen LogP contribution in [0.3, 0.4) is 0 Å². The van der Waals surface area contributed by atoms with Gasteiger partial charge < -0.3 is 5.32 Å². The number of aryl methyl sites for hydroxylation is 1. The number of aromatic nitrogens is 5. The van der Waals surface area contributed by atoms with Crippen molar-refractivity contribution in [2.24, 2.45) is 0 Å². The lowest BCUT2D eigenvalue weighted by atomic mass is 10.3. The molecule has 0 aliphatic rings. The highest BCUT2D eigenvalue weighted by Gasteiger charge is 2.10. The van der Waals surface area contributed by atoms with Crippen molar-refractivity contribution in [1.82, 2.24) is 25.6 Å². The summed E-state index contributed by atoms with van der Waals surface area (Å²) in [5.74, 6) is 0.00459. The molecule has 0 saturated heterocycles. The van der Waals surface area contributed by atoms with Crippen molar-refractivity contribution >= 4 is 11.7 Å². The first-order valence-corrected chi connectivity index (χ1v) is 4.23. The van der Waals surface area contributed by atoms with Gasteiger partial charge in [-0.25, -0.2) is 4.98 Å². The van der Waals surface area contributed by atoms with Gasteiger partial charge in [0.05, 0.1) is 0 Å². The highest BCUT2D eigenvalue weighted by molar-refractivity contribution is 6.00. The Kier molecular flexibility index (Phi) is 2.36. The van der Waals surface area contributed by atoms with E-state index in [9.17, 15) is 4.79 Å². The van der Waals surface area contributed by atoms with Crippen LogP contribution >= 0.6 is 0 Å². The number of carbonyl (C=O) groups excluding carboxylic acids is 1. The van der Waals surface area contributed by atoms with Crippen LogP contribution in [0.2, 0.25) is 0 Å². The SMILES string of the molecule is Cc1ccnc(NC(=O)c2nn[nH]n2)c1. The number of hydrogen-bond donors (Lipinski definition) is 2. The molecule has 7 nitrogen and oxygen atoms in total. The summed E-state index contributed by atoms with van der Waals surface area (Å²) in [6.07, 6.45) is 1.61. The van der Waals surface area contributed by atoms with Gasteiger partial charge in [-0.3, -0.25) is 4.79 Å². The van der Waals surface area contributed by atoms with Gasteiger partial charge in [-0.15, -0.1) is 10.2 Å². The first kappa shape index (κ1) is 9.25. The van der Waals surface area contributed by atoms with Gasteiger partial charge in [0.25, 0.3) is 11.7 Å². The number of nitrogens with zero attached hydrogens (tertiary/aromatic N) is 4. The standard InChI is InChI=1S/C8H8N6O/c1-5-2-3-9-6(4-5)10-8(15)7-11-13-14-12-7/h2-4H,1H3,(H,9,10,15)(H,11,12,13,14). The Balaban J connectivity index is 2.13. The van der Waals surface area contributed by atoms with Crippen LogP contribution in [0.1, 0.15) is 16.2 Å². The Bertz CT molecular complexity index is 466. The fraction of sp³-hybridized carbons (Fsp3) is 0.125. The minimum atomic E-state index is -0.443. The molecule has 2 N–H and O–H groups in total. The monoisotopic (exact) mass is 204 g/mol. The lowest BCUT2D eigenvalue weighted by Gasteiger charge is -2.01. The molecule has 0 aliphatic heterocycles. The number of H-pyrrole nitrogens is 1. The summed E-state index contributed by atoms with van der Waals surface area (Å²) >= 11 is 0. The van der Waals surface area contributed by atoms with Gasteiger partial charge in [-0.1, -0.05) is 0 Å². The Hall–Kier alpha value is -2.31. The Morgan fingerprint density at radius 2 is 2.40 bits per heavy atom. The maximum atomic E-state index is 11.5. The molecule has 0 aliphatic carbocycles. The lowest BCUT2D eigenvalue weighted by Crippen LogP contribution is -2.14. The van der Waals surface area contributed by atoms with Crippen LogP contribution in [-0.2, 0) is 0 Å². The number of aromatic amines is 1. The van der Waals surface area contributed by atoms with E-state index in [-0.39, 0.29) is 5.82 Å². The van der Waals surface area contributed by atoms with Gasteiger partial charge >= 0.3 is 0 Å². The van der Waals surface area contributed by atoms with Crippen molar-refractivity contribution in [2.75, 3.05) is 5.32 Å². The fourth-order valence-corrected chi connectivity index (χ4v) is 1.03. The summed E-state index contributed by atoms with van der Waals surface area (Å²) in [4.78, 5) is 15.4. The number of carbonyl (C=O) groups is 1. The predicted octanol–water partition coefficient (Wildman–Crippen LogP) is 0.155. The Morgan fingerprint density at radius 1 is 1.53 bits per heavy atom. The third-order valence-electron chi connectivity index (χ3n) is 1.71. The number of amides is 1. The van der Waals surface area contributed by atoms with E-state index in [1.807, 2.05) is 13.0 Å². The summed E-state index contributed by atoms with van der Waals surface area (Å²) in [5.41, 5.74) is 1.01. The summed E-state index contributed by atoms with van der Waals surface area (Å²) < 4.78 is 0. The highest BCUT2D eigenvalue weighted by Crippen LogP contribution is 2.05. The van der Waals surface area contributed by atoms with E-state index in [4.69, 9.17) is 0 Å². The molecular formula is C8H8N6O. The van der Waals surface area contributed by atoms with Crippen molar-refractivity contribution in [3.63, 3.8) is 0 Å². The fourth-order valence-electron chi connectivity index (χ4n) is 1.03. The zero-order valence-corrected chi connectivity index (χ0v) is 7.93. The number of tetrazole rings is 1. The van der Waals surface area contributed by atoms with Gasteiger partial charge in [0.2, 0.25) is 0 Å². The quantitative estimate of drug-likeness (QED) is 0.726. The van der Waals surface area contributed by atoms with Crippen LogP contribution in [0.25, 0.3) is 0 Å². The van der Waals surface area contributed by atoms with Crippen molar-refractivity contribution in [2.45, 2.75) is 6.92 Å². The first-order chi connectivity index (χ1) is 7.25. The van der Waals surface area contributed by atoms with E-state index in [1.165, 1.54) is 0 Å². The normalized spacial score (nSPS) is 9.93. The molecule has 15 heavy (non-hydrogen) atoms. The number of hydrogen-bond acceptors (Lipinski definition) is 5. The van der Waals surface area contributed by atoms with Gasteiger partial charge in [-0.05, 0) is 29.8 Å². The predicted molar refractivity (Wildman–Crippen MR) is 51.1 cm³/mol. The van der Waals surface area contributed by atoms with E-state index < -0.39 is 5.91 Å². The largest absolute Gasteiger partial charge is 0.304 e. The molecule has 2 aromatic heterocycles. The molecule has 1 amide bonds. The molecular weight excluding hydrogens is 196 g/mol. The minimum absolute atomic E-state index is 0.0155. The van der Waals surface area contributed by atoms with Crippen molar-refractivity contribution < 1.29 is 4.79 Å². The lowest BCUT2D eigenvalue weighted by molar-refractivity contribution is 0.101. The third kappa shape index (κ3) is 2.13. The summed E-state index contributed by atoms with van der Waals surface area (Å²) in [6, 6.07) is 3.59. The van der Waals surface area contributed by atoms with Crippen molar-refractivity contribution in [3.05, 3.63) is 29.7 Å². The van der Waals surface area contributed by atoms with E-state index >= 15 is 0 Å². The Labute approximate surface area is 84.9 Å². The van der Waals surface area contributed by atoms with Crippen LogP contribution in [0.5, 0.6) is 0 Å². The van der Waals surface area contributed by atoms with Crippen molar-refractivity contribution in [3.8, 4) is 0 Å². The van der Waals surface area contributed by atoms with Gasteiger partial charge in [0.15, 0.2) is 0 Å². The number of pyridine rings is 1. The molecule has 0 saturated carbocycles. The maximum Gasteiger partial charge on any atom is 0.298 e. The highest BCUT2D eigenvalue weighted by atomic mass is 16.2. The molecule has 76 valence electrons. The molecule has 0 fully saturated rings. The molecule has 0 spiro atoms. The second-order valence-corrected chi connectivity index (χ2v) is 2.91. The van der Waals surface area contributed by atoms with Gasteiger partial charge in [0, 0.05) is 6.20 Å². The number of anilines is 1. The molecule has 0 aromatic carbocycles. The third-order valence-corrected chi connectivity index (χ3v) is 1.71. The van der Waals surface area contributed by atoms with E-state index in [0.29, 0.717) is 5.82 Å². The average Bonchev–Trinajstić information content (AvgIpc) is 2.70. The summed E-state index contributed by atoms with van der Waals surface area (Å²) in [5, 5.41) is 15.1. The molecule has 0 bridgehead atoms. The molecule has 2 rings (SSSR count). The number of rotatable bonds is 2. The number of nitrogens with one attached hydrogen (secondary N) is 2. The van der Waals surface area contributed by atoms with Crippen LogP contribution in [0.15, 0.2) is 18.3 Å². The van der Waals surface area contributed by atoms with Crippen LogP contribution < -0.4 is 5.32 Å². The van der Waals surface area contributed by atoms with Gasteiger partial charge in [-0.2, -0.15) is 5.21 Å². The smallest absolute Gasteiger partial charge is 0.298 e. The first-order valence-electron chi connectivity index (χ1n) is 4.23. The molecule has 0 atom stereocenters. The summed E-state index contributed by atoms with van der Waals surface area (Å²) in [7, 11) is 0. The topological polar surface area (TPSA) is 96.5 Å². The molecule has 2 heterocycles. The Morgan fingerprint density at radius 3 is 3.07 bits per heavy atom. The van der Waals surface area contributed by atoms with Crippen LogP contribution in [0, 0.1) is 6.92 Å². The second-order valence-electron chi connectivity index (χ2n) is 2.91. The zero-order chi connectivity index (χ0) is 10.7. The molecule has 0 unspecified atom stereocenters. The van der Waals surface area contributed by atoms with Crippen LogP contribution in [0.4, 0.5) is 5.82 Å². The maximum absolute atomic E-state index is 11.5. The van der Waals surface area contributed by atoms with Crippen LogP contribution in [-0.4, -0.2) is 31.5 Å². The molecule has 0 radical (unpaired) electrons. The minimum Gasteiger partial charge on any atom is -0.304 e. The van der Waals surface area contributed by atoms with Gasteiger partial charge in [0.1, 0.15) is 5.82 Å². The second kappa shape index (κ2) is 3.82. The zero-order valence-electron chi connectivity index (χ0n) is 7.93. The van der Waals surface area contributed by atoms with E-state index in [0.717, 1.165) is 5.56 Å². The molecule has 7 heteroatoms.